The lowest BCUT2D eigenvalue weighted by molar-refractivity contribution is 0.249. The van der Waals surface area contributed by atoms with Crippen molar-refractivity contribution in [3.63, 3.8) is 0 Å². The molecule has 1 aromatic carbocycles. The minimum atomic E-state index is 1.04. The van der Waals surface area contributed by atoms with Gasteiger partial charge in [0.05, 0.1) is 5.39 Å². The fourth-order valence-electron chi connectivity index (χ4n) is 4.38. The van der Waals surface area contributed by atoms with Gasteiger partial charge in [-0.25, -0.2) is 9.97 Å². The second kappa shape index (κ2) is 7.21. The highest BCUT2D eigenvalue weighted by atomic mass is 32.1. The van der Waals surface area contributed by atoms with Crippen molar-refractivity contribution in [1.82, 2.24) is 14.9 Å². The number of benzene rings is 1. The first-order valence-electron chi connectivity index (χ1n) is 10.1. The molecule has 2 aromatic heterocycles. The summed E-state index contributed by atoms with van der Waals surface area (Å²) >= 11 is 1.89. The van der Waals surface area contributed by atoms with Crippen LogP contribution >= 0.6 is 11.3 Å². The lowest BCUT2D eigenvalue weighted by Gasteiger charge is -2.35. The van der Waals surface area contributed by atoms with E-state index in [-0.39, 0.29) is 0 Å². The number of piperazine rings is 1. The molecule has 5 heteroatoms. The standard InChI is InChI=1S/C22H26N4S/c1-16-6-8-17(9-7-16)14-25-10-12-26(13-11-25)21-20-18-4-2-3-5-19(18)27-22(20)24-15-23-21/h6-9,15H,2-5,10-14H2,1H3. The Labute approximate surface area is 164 Å². The van der Waals surface area contributed by atoms with Crippen molar-refractivity contribution in [1.29, 1.82) is 0 Å². The van der Waals surface area contributed by atoms with E-state index < -0.39 is 0 Å². The summed E-state index contributed by atoms with van der Waals surface area (Å²) in [6.07, 6.45) is 6.80. The highest BCUT2D eigenvalue weighted by molar-refractivity contribution is 7.19. The monoisotopic (exact) mass is 378 g/mol. The SMILES string of the molecule is Cc1ccc(CN2CCN(c3ncnc4sc5c(c34)CCCC5)CC2)cc1. The summed E-state index contributed by atoms with van der Waals surface area (Å²) in [6, 6.07) is 8.94. The van der Waals surface area contributed by atoms with Crippen molar-refractivity contribution >= 4 is 27.4 Å². The number of aryl methyl sites for hydroxylation is 3. The van der Waals surface area contributed by atoms with Crippen LogP contribution in [-0.2, 0) is 19.4 Å². The normalized spacial score (nSPS) is 18.0. The Morgan fingerprint density at radius 3 is 2.56 bits per heavy atom. The van der Waals surface area contributed by atoms with Gasteiger partial charge >= 0.3 is 0 Å². The molecule has 1 aliphatic heterocycles. The Hall–Kier alpha value is -1.98. The molecule has 5 rings (SSSR count). The van der Waals surface area contributed by atoms with Crippen LogP contribution in [0.3, 0.4) is 0 Å². The minimum Gasteiger partial charge on any atom is -0.353 e. The van der Waals surface area contributed by atoms with Crippen LogP contribution in [0.2, 0.25) is 0 Å². The van der Waals surface area contributed by atoms with E-state index >= 15 is 0 Å². The number of hydrogen-bond donors (Lipinski definition) is 0. The summed E-state index contributed by atoms with van der Waals surface area (Å²) in [6.45, 7) is 7.46. The lowest BCUT2D eigenvalue weighted by Crippen LogP contribution is -2.46. The molecule has 1 fully saturated rings. The van der Waals surface area contributed by atoms with Gasteiger partial charge < -0.3 is 4.90 Å². The number of rotatable bonds is 3. The quantitative estimate of drug-likeness (QED) is 0.684. The van der Waals surface area contributed by atoms with Gasteiger partial charge in [-0.3, -0.25) is 4.90 Å². The molecular weight excluding hydrogens is 352 g/mol. The predicted molar refractivity (Wildman–Crippen MR) is 113 cm³/mol. The second-order valence-corrected chi connectivity index (χ2v) is 8.92. The number of thiophene rings is 1. The molecule has 3 aromatic rings. The summed E-state index contributed by atoms with van der Waals surface area (Å²) in [5.74, 6) is 1.18. The van der Waals surface area contributed by atoms with Gasteiger partial charge in [-0.05, 0) is 43.7 Å². The number of fused-ring (bicyclic) bond motifs is 3. The summed E-state index contributed by atoms with van der Waals surface area (Å²) in [7, 11) is 0. The molecule has 4 nitrogen and oxygen atoms in total. The molecule has 140 valence electrons. The molecule has 0 saturated carbocycles. The highest BCUT2D eigenvalue weighted by Gasteiger charge is 2.24. The third-order valence-electron chi connectivity index (χ3n) is 5.93. The topological polar surface area (TPSA) is 32.3 Å². The van der Waals surface area contributed by atoms with Crippen LogP contribution in [0.15, 0.2) is 30.6 Å². The van der Waals surface area contributed by atoms with Gasteiger partial charge in [-0.1, -0.05) is 29.8 Å². The maximum Gasteiger partial charge on any atom is 0.141 e. The molecule has 27 heavy (non-hydrogen) atoms. The van der Waals surface area contributed by atoms with Gasteiger partial charge in [0.15, 0.2) is 0 Å². The van der Waals surface area contributed by atoms with E-state index in [4.69, 9.17) is 4.98 Å². The molecule has 0 unspecified atom stereocenters. The first-order valence-corrected chi connectivity index (χ1v) is 10.9. The number of anilines is 1. The van der Waals surface area contributed by atoms with Crippen molar-refractivity contribution in [2.75, 3.05) is 31.1 Å². The maximum atomic E-state index is 4.73. The van der Waals surface area contributed by atoms with E-state index in [2.05, 4.69) is 46.0 Å². The van der Waals surface area contributed by atoms with Crippen molar-refractivity contribution < 1.29 is 0 Å². The van der Waals surface area contributed by atoms with E-state index in [1.165, 1.54) is 52.8 Å². The van der Waals surface area contributed by atoms with Crippen LogP contribution in [0, 0.1) is 6.92 Å². The Morgan fingerprint density at radius 2 is 1.74 bits per heavy atom. The Morgan fingerprint density at radius 1 is 0.963 bits per heavy atom. The Balaban J connectivity index is 1.33. The molecule has 0 spiro atoms. The first kappa shape index (κ1) is 17.1. The zero-order chi connectivity index (χ0) is 18.2. The zero-order valence-corrected chi connectivity index (χ0v) is 16.8. The van der Waals surface area contributed by atoms with E-state index in [1.807, 2.05) is 11.3 Å². The van der Waals surface area contributed by atoms with Crippen LogP contribution in [-0.4, -0.2) is 41.0 Å². The zero-order valence-electron chi connectivity index (χ0n) is 15.9. The number of hydrogen-bond acceptors (Lipinski definition) is 5. The number of aromatic nitrogens is 2. The van der Waals surface area contributed by atoms with Crippen LogP contribution in [0.5, 0.6) is 0 Å². The van der Waals surface area contributed by atoms with Crippen LogP contribution in [0.4, 0.5) is 5.82 Å². The first-order chi connectivity index (χ1) is 13.3. The molecule has 0 atom stereocenters. The van der Waals surface area contributed by atoms with Gasteiger partial charge in [-0.15, -0.1) is 11.3 Å². The summed E-state index contributed by atoms with van der Waals surface area (Å²) in [4.78, 5) is 17.1. The van der Waals surface area contributed by atoms with Gasteiger partial charge in [0, 0.05) is 37.6 Å². The molecular formula is C22H26N4S. The van der Waals surface area contributed by atoms with Gasteiger partial charge in [0.25, 0.3) is 0 Å². The molecule has 1 saturated heterocycles. The largest absolute Gasteiger partial charge is 0.353 e. The van der Waals surface area contributed by atoms with Crippen molar-refractivity contribution in [3.05, 3.63) is 52.2 Å². The average Bonchev–Trinajstić information content (AvgIpc) is 3.09. The summed E-state index contributed by atoms with van der Waals surface area (Å²) < 4.78 is 0. The highest BCUT2D eigenvalue weighted by Crippen LogP contribution is 2.39. The molecule has 1 aliphatic carbocycles. The Kier molecular flexibility index (Phi) is 4.58. The molecule has 0 radical (unpaired) electrons. The third kappa shape index (κ3) is 3.34. The summed E-state index contributed by atoms with van der Waals surface area (Å²) in [5.41, 5.74) is 4.28. The fourth-order valence-corrected chi connectivity index (χ4v) is 5.61. The van der Waals surface area contributed by atoms with Crippen LogP contribution in [0.1, 0.15) is 34.4 Å². The average molecular weight is 379 g/mol. The fraction of sp³-hybridized carbons (Fsp3) is 0.455. The van der Waals surface area contributed by atoms with Gasteiger partial charge in [0.1, 0.15) is 17.0 Å². The van der Waals surface area contributed by atoms with Crippen molar-refractivity contribution in [2.24, 2.45) is 0 Å². The molecule has 2 aliphatic rings. The van der Waals surface area contributed by atoms with Crippen LogP contribution < -0.4 is 4.90 Å². The molecule has 0 bridgehead atoms. The maximum absolute atomic E-state index is 4.73. The van der Waals surface area contributed by atoms with Crippen LogP contribution in [0.25, 0.3) is 10.2 Å². The predicted octanol–water partition coefficient (Wildman–Crippen LogP) is 4.20. The second-order valence-electron chi connectivity index (χ2n) is 7.84. The molecule has 0 amide bonds. The van der Waals surface area contributed by atoms with E-state index in [0.29, 0.717) is 0 Å². The van der Waals surface area contributed by atoms with E-state index in [0.717, 1.165) is 32.7 Å². The smallest absolute Gasteiger partial charge is 0.141 e. The summed E-state index contributed by atoms with van der Waals surface area (Å²) in [5, 5.41) is 1.35. The van der Waals surface area contributed by atoms with Crippen molar-refractivity contribution in [2.45, 2.75) is 39.2 Å². The van der Waals surface area contributed by atoms with Gasteiger partial charge in [0.2, 0.25) is 0 Å². The van der Waals surface area contributed by atoms with E-state index in [1.54, 1.807) is 16.8 Å². The molecule has 0 N–H and O–H groups in total. The minimum absolute atomic E-state index is 1.04. The number of nitrogens with zero attached hydrogens (tertiary/aromatic N) is 4. The third-order valence-corrected chi connectivity index (χ3v) is 7.13. The molecule has 3 heterocycles. The van der Waals surface area contributed by atoms with E-state index in [9.17, 15) is 0 Å². The van der Waals surface area contributed by atoms with Gasteiger partial charge in [-0.2, -0.15) is 0 Å². The lowest BCUT2D eigenvalue weighted by atomic mass is 9.97. The Bertz CT molecular complexity index is 939. The van der Waals surface area contributed by atoms with Crippen molar-refractivity contribution in [3.8, 4) is 0 Å².